The van der Waals surface area contributed by atoms with Crippen molar-refractivity contribution >= 4 is 24.1 Å². The molecule has 4 atom stereocenters. The molecule has 0 radical (unpaired) electrons. The fourth-order valence-electron chi connectivity index (χ4n) is 4.91. The zero-order chi connectivity index (χ0) is 27.9. The Morgan fingerprint density at radius 2 is 1.97 bits per heavy atom. The van der Waals surface area contributed by atoms with Gasteiger partial charge in [-0.1, -0.05) is 38.3 Å². The van der Waals surface area contributed by atoms with Gasteiger partial charge in [0, 0.05) is 25.5 Å². The van der Waals surface area contributed by atoms with E-state index in [0.717, 1.165) is 50.6 Å². The third-order valence-corrected chi connectivity index (χ3v) is 6.78. The molecule has 0 unspecified atom stereocenters. The molecule has 3 rings (SSSR count). The minimum atomic E-state index is -0.509. The Balaban J connectivity index is 1.42. The number of carbonyl (C=O) groups is 3. The Morgan fingerprint density at radius 1 is 1.15 bits per heavy atom. The number of aromatic nitrogens is 1. The Labute approximate surface area is 230 Å². The third kappa shape index (κ3) is 11.6. The van der Waals surface area contributed by atoms with Gasteiger partial charge in [0.05, 0.1) is 31.4 Å². The number of ether oxygens (including phenoxy) is 4. The van der Waals surface area contributed by atoms with Gasteiger partial charge in [-0.3, -0.25) is 4.79 Å². The normalized spacial score (nSPS) is 24.5. The summed E-state index contributed by atoms with van der Waals surface area (Å²) in [6.45, 7) is 2.40. The number of amides is 1. The SMILES string of the molecule is CCC[C@H]1CCCCC[C@@H]2C[C@@H](OC(=O)/C=C\CCc3coc(/C=C\CNC(=O)OC)n3)C[C@H](CC(=O)O1)O2. The van der Waals surface area contributed by atoms with Crippen LogP contribution >= 0.6 is 0 Å². The quantitative estimate of drug-likeness (QED) is 0.243. The van der Waals surface area contributed by atoms with E-state index in [1.165, 1.54) is 13.2 Å². The Kier molecular flexibility index (Phi) is 13.1. The molecule has 2 fully saturated rings. The van der Waals surface area contributed by atoms with Gasteiger partial charge in [-0.2, -0.15) is 0 Å². The molecule has 0 saturated carbocycles. The van der Waals surface area contributed by atoms with Crippen LogP contribution in [-0.2, 0) is 35.0 Å². The van der Waals surface area contributed by atoms with E-state index in [9.17, 15) is 14.4 Å². The predicted octanol–water partition coefficient (Wildman–Crippen LogP) is 5.06. The van der Waals surface area contributed by atoms with Crippen molar-refractivity contribution in [2.24, 2.45) is 0 Å². The zero-order valence-electron chi connectivity index (χ0n) is 23.1. The molecule has 2 aliphatic rings. The molecule has 216 valence electrons. The minimum absolute atomic E-state index is 0.0177. The number of fused-ring (bicyclic) bond motifs is 2. The van der Waals surface area contributed by atoms with Crippen molar-refractivity contribution in [2.45, 2.75) is 108 Å². The summed E-state index contributed by atoms with van der Waals surface area (Å²) in [5.74, 6) is -0.193. The first-order chi connectivity index (χ1) is 18.9. The molecule has 1 aromatic heterocycles. The van der Waals surface area contributed by atoms with E-state index in [2.05, 4.69) is 22.0 Å². The van der Waals surface area contributed by atoms with Crippen molar-refractivity contribution in [3.8, 4) is 0 Å². The van der Waals surface area contributed by atoms with Crippen molar-refractivity contribution in [1.29, 1.82) is 0 Å². The molecule has 0 aliphatic carbocycles. The highest BCUT2D eigenvalue weighted by atomic mass is 16.6. The molecule has 0 aromatic carbocycles. The standard InChI is InChI=1S/C29H42N2O8/c1-3-10-22-12-5-4-6-13-23-17-24(18-25(37-23)19-28(33)38-22)39-27(32)15-8-7-11-21-20-36-26(31-21)14-9-16-30-29(34)35-2/h8-9,14-15,20,22-25H,3-7,10-13,16-19H2,1-2H3,(H,30,34)/b14-9-,15-8-/t22-,23+,24+,25+/m0/s1. The van der Waals surface area contributed by atoms with Crippen molar-refractivity contribution < 1.29 is 37.7 Å². The summed E-state index contributed by atoms with van der Waals surface area (Å²) in [6.07, 6.45) is 16.4. The van der Waals surface area contributed by atoms with Crippen LogP contribution in [0.3, 0.4) is 0 Å². The average molecular weight is 547 g/mol. The maximum absolute atomic E-state index is 12.6. The van der Waals surface area contributed by atoms with Gasteiger partial charge in [0.25, 0.3) is 0 Å². The lowest BCUT2D eigenvalue weighted by atomic mass is 9.94. The van der Waals surface area contributed by atoms with Gasteiger partial charge in [0.15, 0.2) is 0 Å². The van der Waals surface area contributed by atoms with Gasteiger partial charge in [-0.05, 0) is 44.6 Å². The van der Waals surface area contributed by atoms with E-state index in [-0.39, 0.29) is 36.8 Å². The lowest BCUT2D eigenvalue weighted by Crippen LogP contribution is -2.39. The first kappa shape index (κ1) is 30.4. The second kappa shape index (κ2) is 16.7. The highest BCUT2D eigenvalue weighted by molar-refractivity contribution is 5.82. The van der Waals surface area contributed by atoms with E-state index in [4.69, 9.17) is 18.6 Å². The van der Waals surface area contributed by atoms with Gasteiger partial charge in [0.2, 0.25) is 5.89 Å². The summed E-state index contributed by atoms with van der Waals surface area (Å²) in [5, 5.41) is 2.53. The summed E-state index contributed by atoms with van der Waals surface area (Å²) >= 11 is 0. The van der Waals surface area contributed by atoms with Crippen molar-refractivity contribution in [3.05, 3.63) is 36.1 Å². The van der Waals surface area contributed by atoms with Gasteiger partial charge < -0.3 is 28.7 Å². The minimum Gasteiger partial charge on any atom is -0.462 e. The second-order valence-corrected chi connectivity index (χ2v) is 10.0. The van der Waals surface area contributed by atoms with E-state index in [1.54, 1.807) is 24.5 Å². The van der Waals surface area contributed by atoms with Crippen LogP contribution in [0.25, 0.3) is 6.08 Å². The Morgan fingerprint density at radius 3 is 2.79 bits per heavy atom. The molecule has 10 heteroatoms. The maximum atomic E-state index is 12.6. The van der Waals surface area contributed by atoms with Crippen molar-refractivity contribution in [2.75, 3.05) is 13.7 Å². The summed E-state index contributed by atoms with van der Waals surface area (Å²) < 4.78 is 27.5. The summed E-state index contributed by atoms with van der Waals surface area (Å²) in [7, 11) is 1.30. The fraction of sp³-hybridized carbons (Fsp3) is 0.655. The molecule has 2 bridgehead atoms. The molecule has 0 spiro atoms. The van der Waals surface area contributed by atoms with Crippen molar-refractivity contribution in [3.63, 3.8) is 0 Å². The third-order valence-electron chi connectivity index (χ3n) is 6.78. The van der Waals surface area contributed by atoms with Gasteiger partial charge in [-0.25, -0.2) is 14.6 Å². The molecule has 10 nitrogen and oxygen atoms in total. The number of hydrogen-bond acceptors (Lipinski definition) is 9. The number of methoxy groups -OCH3 is 1. The average Bonchev–Trinajstić information content (AvgIpc) is 3.35. The lowest BCUT2D eigenvalue weighted by molar-refractivity contribution is -0.166. The first-order valence-electron chi connectivity index (χ1n) is 14.1. The monoisotopic (exact) mass is 546 g/mol. The maximum Gasteiger partial charge on any atom is 0.407 e. The van der Waals surface area contributed by atoms with Crippen LogP contribution in [0.5, 0.6) is 0 Å². The number of rotatable bonds is 10. The van der Waals surface area contributed by atoms with E-state index in [0.29, 0.717) is 38.1 Å². The fourth-order valence-corrected chi connectivity index (χ4v) is 4.91. The van der Waals surface area contributed by atoms with Gasteiger partial charge >= 0.3 is 18.0 Å². The molecule has 2 aliphatic heterocycles. The Bertz CT molecular complexity index is 972. The van der Waals surface area contributed by atoms with Crippen LogP contribution < -0.4 is 5.32 Å². The lowest BCUT2D eigenvalue weighted by Gasteiger charge is -2.35. The number of alkyl carbamates (subject to hydrolysis) is 1. The van der Waals surface area contributed by atoms with Crippen LogP contribution in [0, 0.1) is 0 Å². The van der Waals surface area contributed by atoms with Crippen LogP contribution in [-0.4, -0.2) is 61.1 Å². The van der Waals surface area contributed by atoms with Crippen molar-refractivity contribution in [1.82, 2.24) is 10.3 Å². The van der Waals surface area contributed by atoms with Gasteiger partial charge in [0.1, 0.15) is 18.5 Å². The largest absolute Gasteiger partial charge is 0.462 e. The van der Waals surface area contributed by atoms with Crippen LogP contribution in [0.1, 0.15) is 89.1 Å². The summed E-state index contributed by atoms with van der Waals surface area (Å²) in [5.41, 5.74) is 0.755. The number of cyclic esters (lactones) is 1. The number of carbonyl (C=O) groups excluding carboxylic acids is 3. The molecule has 39 heavy (non-hydrogen) atoms. The van der Waals surface area contributed by atoms with Crippen LogP contribution in [0.2, 0.25) is 0 Å². The molecule has 2 saturated heterocycles. The van der Waals surface area contributed by atoms with Crippen LogP contribution in [0.15, 0.2) is 28.9 Å². The molecule has 1 N–H and O–H groups in total. The number of allylic oxidation sites excluding steroid dienone is 1. The zero-order valence-corrected chi connectivity index (χ0v) is 23.1. The van der Waals surface area contributed by atoms with Gasteiger partial charge in [-0.15, -0.1) is 0 Å². The summed E-state index contributed by atoms with van der Waals surface area (Å²) in [4.78, 5) is 40.4. The van der Waals surface area contributed by atoms with E-state index < -0.39 is 12.1 Å². The number of esters is 2. The number of hydrogen-bond donors (Lipinski definition) is 1. The smallest absolute Gasteiger partial charge is 0.407 e. The topological polar surface area (TPSA) is 126 Å². The van der Waals surface area contributed by atoms with E-state index in [1.807, 2.05) is 0 Å². The highest BCUT2D eigenvalue weighted by Gasteiger charge is 2.33. The van der Waals surface area contributed by atoms with E-state index >= 15 is 0 Å². The number of nitrogens with zero attached hydrogens (tertiary/aromatic N) is 1. The highest BCUT2D eigenvalue weighted by Crippen LogP contribution is 2.29. The molecule has 3 heterocycles. The predicted molar refractivity (Wildman–Crippen MR) is 144 cm³/mol. The second-order valence-electron chi connectivity index (χ2n) is 10.0. The number of oxazole rings is 1. The molecule has 1 amide bonds. The molecular weight excluding hydrogens is 504 g/mol. The first-order valence-corrected chi connectivity index (χ1v) is 14.1. The molecular formula is C29H42N2O8. The number of nitrogens with one attached hydrogen (secondary N) is 1. The summed E-state index contributed by atoms with van der Waals surface area (Å²) in [6, 6.07) is 0. The molecule has 1 aromatic rings. The van der Waals surface area contributed by atoms with Crippen LogP contribution in [0.4, 0.5) is 4.79 Å². The number of aryl methyl sites for hydroxylation is 1. The Hall–Kier alpha value is -3.14.